The van der Waals surface area contributed by atoms with Gasteiger partial charge >= 0.3 is 0 Å². The Morgan fingerprint density at radius 2 is 2.00 bits per heavy atom. The van der Waals surface area contributed by atoms with Crippen molar-refractivity contribution in [1.82, 2.24) is 0 Å². The maximum Gasteiger partial charge on any atom is 0.124 e. The molecule has 0 aliphatic carbocycles. The van der Waals surface area contributed by atoms with Crippen molar-refractivity contribution in [3.63, 3.8) is 0 Å². The molecule has 0 aliphatic rings. The number of phenolic OH excluding ortho intramolecular Hbond substituents is 1. The molecule has 1 aromatic carbocycles. The largest absolute Gasteiger partial charge is 0.507 e. The first-order valence-corrected chi connectivity index (χ1v) is 3.39. The van der Waals surface area contributed by atoms with E-state index in [4.69, 9.17) is 10.3 Å². The van der Waals surface area contributed by atoms with Crippen LogP contribution >= 0.6 is 0 Å². The second-order valence-electron chi connectivity index (χ2n) is 2.22. The third-order valence-electron chi connectivity index (χ3n) is 1.49. The molecule has 0 amide bonds. The number of rotatable bonds is 2. The predicted octanol–water partition coefficient (Wildman–Crippen LogP) is 0.563. The van der Waals surface area contributed by atoms with E-state index in [0.29, 0.717) is 5.56 Å². The van der Waals surface area contributed by atoms with Crippen LogP contribution in [-0.2, 0) is 0 Å². The lowest BCUT2D eigenvalue weighted by molar-refractivity contribution is 0.303. The monoisotopic (exact) mass is 167 g/mol. The number of hydrogen-bond donors (Lipinski definition) is 3. The summed E-state index contributed by atoms with van der Waals surface area (Å²) in [6.07, 6.45) is 0. The summed E-state index contributed by atoms with van der Waals surface area (Å²) in [5.74, 6) is -0.0145. The molecular formula is C8H9NO3. The van der Waals surface area contributed by atoms with Crippen LogP contribution in [0.1, 0.15) is 5.56 Å². The van der Waals surface area contributed by atoms with Gasteiger partial charge in [-0.3, -0.25) is 0 Å². The van der Waals surface area contributed by atoms with E-state index in [1.807, 2.05) is 0 Å². The minimum absolute atomic E-state index is 0.0145. The highest BCUT2D eigenvalue weighted by Gasteiger charge is 2.06. The Morgan fingerprint density at radius 3 is 2.50 bits per heavy atom. The van der Waals surface area contributed by atoms with Gasteiger partial charge in [-0.15, -0.1) is 0 Å². The molecule has 1 aromatic rings. The van der Waals surface area contributed by atoms with Crippen molar-refractivity contribution >= 4 is 5.71 Å². The summed E-state index contributed by atoms with van der Waals surface area (Å²) in [7, 11) is 0. The van der Waals surface area contributed by atoms with E-state index < -0.39 is 6.61 Å². The fourth-order valence-electron chi connectivity index (χ4n) is 0.888. The SMILES string of the molecule is OC/C(=N\O)c1ccccc1O. The zero-order valence-electron chi connectivity index (χ0n) is 6.31. The van der Waals surface area contributed by atoms with Crippen LogP contribution in [0.25, 0.3) is 0 Å². The number of hydrogen-bond acceptors (Lipinski definition) is 4. The molecule has 0 aromatic heterocycles. The Morgan fingerprint density at radius 1 is 1.33 bits per heavy atom. The fourth-order valence-corrected chi connectivity index (χ4v) is 0.888. The fraction of sp³-hybridized carbons (Fsp3) is 0.125. The van der Waals surface area contributed by atoms with Crippen LogP contribution in [0.5, 0.6) is 5.75 Å². The van der Waals surface area contributed by atoms with Crippen LogP contribution < -0.4 is 0 Å². The van der Waals surface area contributed by atoms with Crippen molar-refractivity contribution in [2.75, 3.05) is 6.61 Å². The predicted molar refractivity (Wildman–Crippen MR) is 43.5 cm³/mol. The Labute approximate surface area is 69.4 Å². The van der Waals surface area contributed by atoms with E-state index in [9.17, 15) is 5.11 Å². The molecule has 0 saturated heterocycles. The van der Waals surface area contributed by atoms with Crippen LogP contribution in [0.3, 0.4) is 0 Å². The zero-order chi connectivity index (χ0) is 8.97. The first-order chi connectivity index (χ1) is 5.79. The van der Waals surface area contributed by atoms with Gasteiger partial charge in [0, 0.05) is 5.56 Å². The molecule has 0 radical (unpaired) electrons. The first-order valence-electron chi connectivity index (χ1n) is 3.39. The van der Waals surface area contributed by atoms with Gasteiger partial charge in [0.15, 0.2) is 0 Å². The van der Waals surface area contributed by atoms with Gasteiger partial charge in [-0.25, -0.2) is 0 Å². The van der Waals surface area contributed by atoms with Crippen molar-refractivity contribution in [3.05, 3.63) is 29.8 Å². The molecule has 0 atom stereocenters. The minimum Gasteiger partial charge on any atom is -0.507 e. The highest BCUT2D eigenvalue weighted by atomic mass is 16.4. The lowest BCUT2D eigenvalue weighted by atomic mass is 10.1. The van der Waals surface area contributed by atoms with E-state index in [0.717, 1.165) is 0 Å². The maximum absolute atomic E-state index is 9.24. The molecule has 4 nitrogen and oxygen atoms in total. The number of nitrogens with zero attached hydrogens (tertiary/aromatic N) is 1. The molecule has 3 N–H and O–H groups in total. The van der Waals surface area contributed by atoms with Gasteiger partial charge in [0.05, 0.1) is 6.61 Å². The first kappa shape index (κ1) is 8.55. The number of oxime groups is 1. The van der Waals surface area contributed by atoms with Gasteiger partial charge in [-0.05, 0) is 12.1 Å². The van der Waals surface area contributed by atoms with E-state index >= 15 is 0 Å². The minimum atomic E-state index is -0.409. The summed E-state index contributed by atoms with van der Waals surface area (Å²) >= 11 is 0. The molecule has 0 heterocycles. The normalized spacial score (nSPS) is 11.6. The van der Waals surface area contributed by atoms with Crippen LogP contribution in [-0.4, -0.2) is 27.7 Å². The Kier molecular flexibility index (Phi) is 2.66. The van der Waals surface area contributed by atoms with E-state index in [-0.39, 0.29) is 11.5 Å². The van der Waals surface area contributed by atoms with Crippen molar-refractivity contribution < 1.29 is 15.4 Å². The summed E-state index contributed by atoms with van der Waals surface area (Å²) in [6, 6.07) is 6.33. The van der Waals surface area contributed by atoms with Crippen molar-refractivity contribution in [2.45, 2.75) is 0 Å². The standard InChI is InChI=1S/C8H9NO3/c10-5-7(9-12)6-3-1-2-4-8(6)11/h1-4,10-12H,5H2/b9-7+. The average Bonchev–Trinajstić information content (AvgIpc) is 2.10. The summed E-state index contributed by atoms with van der Waals surface area (Å²) < 4.78 is 0. The van der Waals surface area contributed by atoms with Crippen molar-refractivity contribution in [3.8, 4) is 5.75 Å². The number of benzene rings is 1. The summed E-state index contributed by atoms with van der Waals surface area (Å²) in [5, 5.41) is 29.2. The Bertz CT molecular complexity index is 296. The topological polar surface area (TPSA) is 73.1 Å². The van der Waals surface area contributed by atoms with Gasteiger partial charge in [-0.1, -0.05) is 17.3 Å². The molecule has 0 aliphatic heterocycles. The average molecular weight is 167 g/mol. The lowest BCUT2D eigenvalue weighted by Gasteiger charge is -2.02. The van der Waals surface area contributed by atoms with Crippen LogP contribution in [0, 0.1) is 0 Å². The van der Waals surface area contributed by atoms with Crippen molar-refractivity contribution in [1.29, 1.82) is 0 Å². The van der Waals surface area contributed by atoms with Gasteiger partial charge in [0.25, 0.3) is 0 Å². The smallest absolute Gasteiger partial charge is 0.124 e. The molecule has 64 valence electrons. The number of para-hydroxylation sites is 1. The van der Waals surface area contributed by atoms with Crippen molar-refractivity contribution in [2.24, 2.45) is 5.16 Å². The zero-order valence-corrected chi connectivity index (χ0v) is 6.31. The molecule has 0 bridgehead atoms. The van der Waals surface area contributed by atoms with Gasteiger partial charge in [0.1, 0.15) is 11.5 Å². The molecule has 0 unspecified atom stereocenters. The third kappa shape index (κ3) is 1.54. The molecule has 0 fully saturated rings. The molecule has 0 spiro atoms. The van der Waals surface area contributed by atoms with Crippen LogP contribution in [0.15, 0.2) is 29.4 Å². The third-order valence-corrected chi connectivity index (χ3v) is 1.49. The molecule has 0 saturated carbocycles. The van der Waals surface area contributed by atoms with Gasteiger partial charge < -0.3 is 15.4 Å². The number of aliphatic hydroxyl groups is 1. The van der Waals surface area contributed by atoms with E-state index in [2.05, 4.69) is 5.16 Å². The quantitative estimate of drug-likeness (QED) is 0.342. The van der Waals surface area contributed by atoms with Gasteiger partial charge in [0.2, 0.25) is 0 Å². The number of aliphatic hydroxyl groups excluding tert-OH is 1. The van der Waals surface area contributed by atoms with E-state index in [1.54, 1.807) is 18.2 Å². The van der Waals surface area contributed by atoms with E-state index in [1.165, 1.54) is 6.07 Å². The molecule has 12 heavy (non-hydrogen) atoms. The highest BCUT2D eigenvalue weighted by molar-refractivity contribution is 6.03. The Balaban J connectivity index is 3.10. The number of aromatic hydroxyl groups is 1. The summed E-state index contributed by atoms with van der Waals surface area (Å²) in [4.78, 5) is 0. The lowest BCUT2D eigenvalue weighted by Crippen LogP contribution is -2.06. The Hall–Kier alpha value is -1.55. The summed E-state index contributed by atoms with van der Waals surface area (Å²) in [6.45, 7) is -0.409. The van der Waals surface area contributed by atoms with Crippen LogP contribution in [0.4, 0.5) is 0 Å². The van der Waals surface area contributed by atoms with Crippen LogP contribution in [0.2, 0.25) is 0 Å². The second kappa shape index (κ2) is 3.73. The summed E-state index contributed by atoms with van der Waals surface area (Å²) in [5.41, 5.74) is 0.385. The van der Waals surface area contributed by atoms with Gasteiger partial charge in [-0.2, -0.15) is 0 Å². The molecule has 1 rings (SSSR count). The number of phenols is 1. The maximum atomic E-state index is 9.24. The highest BCUT2D eigenvalue weighted by Crippen LogP contribution is 2.15. The second-order valence-corrected chi connectivity index (χ2v) is 2.22. The molecular weight excluding hydrogens is 158 g/mol. The molecule has 4 heteroatoms.